The van der Waals surface area contributed by atoms with Crippen LogP contribution in [0.2, 0.25) is 0 Å². The molecule has 13 heteroatoms. The highest BCUT2D eigenvalue weighted by molar-refractivity contribution is 5.61. The van der Waals surface area contributed by atoms with Gasteiger partial charge in [0.1, 0.15) is 11.6 Å². The van der Waals surface area contributed by atoms with Crippen LogP contribution in [-0.4, -0.2) is 41.9 Å². The van der Waals surface area contributed by atoms with Crippen molar-refractivity contribution in [3.8, 4) is 23.3 Å². The molecular formula is C18H15N5O8. The summed E-state index contributed by atoms with van der Waals surface area (Å²) in [6.45, 7) is 2.65. The fourth-order valence-electron chi connectivity index (χ4n) is 3.47. The van der Waals surface area contributed by atoms with E-state index in [1.807, 2.05) is 0 Å². The summed E-state index contributed by atoms with van der Waals surface area (Å²) in [5, 5.41) is 32.7. The van der Waals surface area contributed by atoms with E-state index in [-0.39, 0.29) is 35.5 Å². The van der Waals surface area contributed by atoms with E-state index in [1.54, 1.807) is 0 Å². The number of rotatable bonds is 4. The number of nitro benzene ring substituents is 1. The molecular weight excluding hydrogens is 414 g/mol. The van der Waals surface area contributed by atoms with Gasteiger partial charge in [0.05, 0.1) is 28.0 Å². The van der Waals surface area contributed by atoms with E-state index in [1.165, 1.54) is 19.9 Å². The fraction of sp³-hybridized carbons (Fsp3) is 0.222. The number of hydrogen-bond acceptors (Lipinski definition) is 10. The number of fused-ring (bicyclic) bond motifs is 1. The highest BCUT2D eigenvalue weighted by Crippen LogP contribution is 2.45. The van der Waals surface area contributed by atoms with Gasteiger partial charge < -0.3 is 29.7 Å². The SMILES string of the molecule is Cc1nc(O)c(C(c2cc3c(cc2[N+](=O)[O-])OCO3)c2c(O)nc(C)[nH]c2=O)c(=O)[nH]1. The van der Waals surface area contributed by atoms with Crippen LogP contribution < -0.4 is 20.6 Å². The van der Waals surface area contributed by atoms with Crippen LogP contribution in [-0.2, 0) is 0 Å². The van der Waals surface area contributed by atoms with Crippen molar-refractivity contribution < 1.29 is 24.6 Å². The van der Waals surface area contributed by atoms with Crippen LogP contribution in [0.4, 0.5) is 5.69 Å². The molecule has 160 valence electrons. The standard InChI is InChI=1S/C18H15N5O8/c1-6-19-15(24)13(16(25)20-6)12(14-17(26)21-7(2)22-18(14)27)8-3-10-11(31-5-30-10)4-9(8)23(28)29/h3-4,12H,5H2,1-2H3,(H2,19,20,24,25)(H2,21,22,26,27). The molecule has 31 heavy (non-hydrogen) atoms. The zero-order valence-corrected chi connectivity index (χ0v) is 16.1. The number of ether oxygens (including phenoxy) is 2. The molecule has 0 radical (unpaired) electrons. The molecule has 4 N–H and O–H groups in total. The molecule has 4 rings (SSSR count). The Bertz CT molecular complexity index is 1280. The molecule has 0 atom stereocenters. The van der Waals surface area contributed by atoms with E-state index in [0.717, 1.165) is 6.07 Å². The highest BCUT2D eigenvalue weighted by atomic mass is 16.7. The predicted molar refractivity (Wildman–Crippen MR) is 103 cm³/mol. The Morgan fingerprint density at radius 3 is 1.94 bits per heavy atom. The van der Waals surface area contributed by atoms with Crippen LogP contribution in [0.1, 0.15) is 34.3 Å². The molecule has 1 aliphatic heterocycles. The molecule has 13 nitrogen and oxygen atoms in total. The van der Waals surface area contributed by atoms with Crippen molar-refractivity contribution in [1.29, 1.82) is 0 Å². The van der Waals surface area contributed by atoms with Crippen molar-refractivity contribution in [2.75, 3.05) is 6.79 Å². The lowest BCUT2D eigenvalue weighted by molar-refractivity contribution is -0.385. The largest absolute Gasteiger partial charge is 0.493 e. The van der Waals surface area contributed by atoms with Crippen molar-refractivity contribution in [2.45, 2.75) is 19.8 Å². The van der Waals surface area contributed by atoms with Crippen molar-refractivity contribution in [3.05, 3.63) is 71.3 Å². The average molecular weight is 429 g/mol. The maximum absolute atomic E-state index is 12.8. The number of benzene rings is 1. The molecule has 0 unspecified atom stereocenters. The average Bonchev–Trinajstić information content (AvgIpc) is 3.11. The van der Waals surface area contributed by atoms with Crippen LogP contribution in [0.3, 0.4) is 0 Å². The number of aromatic hydroxyl groups is 2. The van der Waals surface area contributed by atoms with Gasteiger partial charge in [-0.15, -0.1) is 0 Å². The first-order chi connectivity index (χ1) is 14.7. The topological polar surface area (TPSA) is 194 Å². The minimum atomic E-state index is -1.61. The van der Waals surface area contributed by atoms with Crippen LogP contribution >= 0.6 is 0 Å². The van der Waals surface area contributed by atoms with Gasteiger partial charge in [0.15, 0.2) is 11.5 Å². The number of aryl methyl sites for hydroxylation is 2. The van der Waals surface area contributed by atoms with Gasteiger partial charge >= 0.3 is 0 Å². The molecule has 3 heterocycles. The number of aromatic nitrogens is 4. The lowest BCUT2D eigenvalue weighted by Crippen LogP contribution is -2.26. The summed E-state index contributed by atoms with van der Waals surface area (Å²) in [4.78, 5) is 48.9. The van der Waals surface area contributed by atoms with Crippen LogP contribution in [0.5, 0.6) is 23.3 Å². The third-order valence-corrected chi connectivity index (χ3v) is 4.71. The summed E-state index contributed by atoms with van der Waals surface area (Å²) in [5.41, 5.74) is -3.44. The van der Waals surface area contributed by atoms with Gasteiger partial charge in [0, 0.05) is 5.56 Å². The summed E-state index contributed by atoms with van der Waals surface area (Å²) in [6, 6.07) is 2.28. The van der Waals surface area contributed by atoms with E-state index in [4.69, 9.17) is 9.47 Å². The molecule has 1 aromatic carbocycles. The number of H-pyrrole nitrogens is 2. The molecule has 0 aliphatic carbocycles. The molecule has 0 bridgehead atoms. The third kappa shape index (κ3) is 3.31. The summed E-state index contributed by atoms with van der Waals surface area (Å²) in [7, 11) is 0. The predicted octanol–water partition coefficient (Wildman–Crippen LogP) is 0.698. The van der Waals surface area contributed by atoms with Crippen LogP contribution in [0, 0.1) is 24.0 Å². The number of nitro groups is 1. The second-order valence-electron chi connectivity index (χ2n) is 6.73. The molecule has 0 saturated heterocycles. The Morgan fingerprint density at radius 2 is 1.48 bits per heavy atom. The molecule has 3 aromatic rings. The summed E-state index contributed by atoms with van der Waals surface area (Å²) < 4.78 is 10.5. The molecule has 1 aliphatic rings. The van der Waals surface area contributed by atoms with Gasteiger partial charge in [-0.05, 0) is 19.9 Å². The number of hydrogen-bond donors (Lipinski definition) is 4. The van der Waals surface area contributed by atoms with Gasteiger partial charge in [-0.25, -0.2) is 9.97 Å². The van der Waals surface area contributed by atoms with Gasteiger partial charge in [0.2, 0.25) is 18.6 Å². The number of aromatic amines is 2. The molecule has 0 spiro atoms. The smallest absolute Gasteiger partial charge is 0.277 e. The van der Waals surface area contributed by atoms with E-state index >= 15 is 0 Å². The number of nitrogens with one attached hydrogen (secondary N) is 2. The first-order valence-electron chi connectivity index (χ1n) is 8.84. The Morgan fingerprint density at radius 1 is 1.00 bits per heavy atom. The third-order valence-electron chi connectivity index (χ3n) is 4.71. The Hall–Kier alpha value is -4.42. The fourth-order valence-corrected chi connectivity index (χ4v) is 3.47. The highest BCUT2D eigenvalue weighted by Gasteiger charge is 2.37. The van der Waals surface area contributed by atoms with Gasteiger partial charge in [-0.3, -0.25) is 19.7 Å². The number of nitrogens with zero attached hydrogens (tertiary/aromatic N) is 3. The zero-order chi connectivity index (χ0) is 22.4. The summed E-state index contributed by atoms with van der Waals surface area (Å²) in [5.74, 6) is -2.78. The van der Waals surface area contributed by atoms with E-state index < -0.39 is 50.5 Å². The van der Waals surface area contributed by atoms with E-state index in [0.29, 0.717) is 0 Å². The van der Waals surface area contributed by atoms with E-state index in [9.17, 15) is 29.9 Å². The lowest BCUT2D eigenvalue weighted by Gasteiger charge is -2.19. The normalized spacial score (nSPS) is 12.4. The van der Waals surface area contributed by atoms with Crippen molar-refractivity contribution in [3.63, 3.8) is 0 Å². The van der Waals surface area contributed by atoms with Gasteiger partial charge in [-0.2, -0.15) is 0 Å². The molecule has 0 amide bonds. The monoisotopic (exact) mass is 429 g/mol. The summed E-state index contributed by atoms with van der Waals surface area (Å²) in [6.07, 6.45) is 0. The molecule has 0 saturated carbocycles. The van der Waals surface area contributed by atoms with Crippen LogP contribution in [0.15, 0.2) is 21.7 Å². The Labute approximate surface area is 172 Å². The molecule has 2 aromatic heterocycles. The quantitative estimate of drug-likeness (QED) is 0.339. The van der Waals surface area contributed by atoms with Crippen LogP contribution in [0.25, 0.3) is 0 Å². The minimum absolute atomic E-state index is 0.0744. The Kier molecular flexibility index (Phi) is 4.57. The maximum atomic E-state index is 12.8. The second kappa shape index (κ2) is 7.12. The maximum Gasteiger partial charge on any atom is 0.277 e. The second-order valence-corrected chi connectivity index (χ2v) is 6.73. The summed E-state index contributed by atoms with van der Waals surface area (Å²) >= 11 is 0. The van der Waals surface area contributed by atoms with Gasteiger partial charge in [-0.1, -0.05) is 0 Å². The minimum Gasteiger partial charge on any atom is -0.493 e. The van der Waals surface area contributed by atoms with E-state index in [2.05, 4.69) is 19.9 Å². The first-order valence-corrected chi connectivity index (χ1v) is 8.84. The molecule has 0 fully saturated rings. The Balaban J connectivity index is 2.13. The van der Waals surface area contributed by atoms with Crippen molar-refractivity contribution in [2.24, 2.45) is 0 Å². The lowest BCUT2D eigenvalue weighted by atomic mass is 9.85. The van der Waals surface area contributed by atoms with Gasteiger partial charge in [0.25, 0.3) is 16.8 Å². The first kappa shape index (κ1) is 19.9. The van der Waals surface area contributed by atoms with Crippen molar-refractivity contribution in [1.82, 2.24) is 19.9 Å². The van der Waals surface area contributed by atoms with Crippen molar-refractivity contribution >= 4 is 5.69 Å². The zero-order valence-electron chi connectivity index (χ0n) is 16.1.